The molecule has 0 aliphatic carbocycles. The van der Waals surface area contributed by atoms with E-state index >= 15 is 0 Å². The molecule has 24 heavy (non-hydrogen) atoms. The first-order valence-corrected chi connectivity index (χ1v) is 7.82. The molecule has 1 heterocycles. The second-order valence-electron chi connectivity index (χ2n) is 5.62. The van der Waals surface area contributed by atoms with Gasteiger partial charge in [0, 0.05) is 21.7 Å². The fourth-order valence-electron chi connectivity index (χ4n) is 2.88. The zero-order valence-electron chi connectivity index (χ0n) is 13.6. The summed E-state index contributed by atoms with van der Waals surface area (Å²) in [5.41, 5.74) is 3.15. The highest BCUT2D eigenvalue weighted by Crippen LogP contribution is 2.28. The van der Waals surface area contributed by atoms with E-state index in [-0.39, 0.29) is 5.91 Å². The Morgan fingerprint density at radius 3 is 2.33 bits per heavy atom. The Bertz CT molecular complexity index is 955. The highest BCUT2D eigenvalue weighted by atomic mass is 35.5. The quantitative estimate of drug-likeness (QED) is 0.650. The second kappa shape index (κ2) is 6.13. The van der Waals surface area contributed by atoms with Crippen molar-refractivity contribution in [1.82, 2.24) is 4.57 Å². The summed E-state index contributed by atoms with van der Waals surface area (Å²) in [4.78, 5) is 25.2. The molecule has 5 heteroatoms. The minimum atomic E-state index is -0.453. The van der Waals surface area contributed by atoms with Crippen LogP contribution in [-0.2, 0) is 4.74 Å². The molecule has 0 atom stereocenters. The van der Waals surface area contributed by atoms with Gasteiger partial charge in [-0.3, -0.25) is 9.36 Å². The van der Waals surface area contributed by atoms with Crippen LogP contribution in [0.25, 0.3) is 10.9 Å². The van der Waals surface area contributed by atoms with Crippen LogP contribution in [0.1, 0.15) is 32.0 Å². The molecule has 0 aliphatic heterocycles. The van der Waals surface area contributed by atoms with E-state index in [1.54, 1.807) is 35.8 Å². The zero-order valence-corrected chi connectivity index (χ0v) is 14.3. The van der Waals surface area contributed by atoms with Crippen molar-refractivity contribution in [1.29, 1.82) is 0 Å². The summed E-state index contributed by atoms with van der Waals surface area (Å²) in [6.07, 6.45) is 0. The van der Waals surface area contributed by atoms with E-state index in [1.165, 1.54) is 7.11 Å². The van der Waals surface area contributed by atoms with Crippen molar-refractivity contribution in [2.45, 2.75) is 13.8 Å². The molecule has 0 spiro atoms. The second-order valence-corrected chi connectivity index (χ2v) is 6.06. The number of aryl methyl sites for hydroxylation is 1. The number of aromatic nitrogens is 1. The topological polar surface area (TPSA) is 48.3 Å². The van der Waals surface area contributed by atoms with E-state index < -0.39 is 5.97 Å². The third kappa shape index (κ3) is 2.59. The predicted octanol–water partition coefficient (Wildman–Crippen LogP) is 4.39. The number of ether oxygens (including phenoxy) is 1. The van der Waals surface area contributed by atoms with E-state index in [2.05, 4.69) is 0 Å². The van der Waals surface area contributed by atoms with Crippen molar-refractivity contribution in [2.75, 3.05) is 7.11 Å². The number of hydrogen-bond donors (Lipinski definition) is 0. The van der Waals surface area contributed by atoms with Crippen LogP contribution in [0.15, 0.2) is 42.5 Å². The van der Waals surface area contributed by atoms with Crippen molar-refractivity contribution in [3.63, 3.8) is 0 Å². The number of carbonyl (C=O) groups excluding carboxylic acids is 2. The molecule has 3 aromatic rings. The molecule has 2 aromatic carbocycles. The third-order valence-corrected chi connectivity index (χ3v) is 4.30. The molecule has 3 rings (SSSR count). The molecule has 0 saturated carbocycles. The normalized spacial score (nSPS) is 10.8. The van der Waals surface area contributed by atoms with Crippen LogP contribution in [0.5, 0.6) is 0 Å². The zero-order chi connectivity index (χ0) is 17.4. The molecule has 0 bridgehead atoms. The Hall–Kier alpha value is -2.59. The summed E-state index contributed by atoms with van der Waals surface area (Å²) in [6, 6.07) is 12.3. The van der Waals surface area contributed by atoms with Crippen molar-refractivity contribution in [2.24, 2.45) is 0 Å². The van der Waals surface area contributed by atoms with Gasteiger partial charge in [0.2, 0.25) is 0 Å². The number of nitrogens with zero attached hydrogens (tertiary/aromatic N) is 1. The minimum absolute atomic E-state index is 0.215. The predicted molar refractivity (Wildman–Crippen MR) is 93.9 cm³/mol. The molecule has 0 N–H and O–H groups in total. The third-order valence-electron chi connectivity index (χ3n) is 4.04. The lowest BCUT2D eigenvalue weighted by molar-refractivity contribution is 0.0602. The number of rotatable bonds is 2. The van der Waals surface area contributed by atoms with E-state index in [9.17, 15) is 9.59 Å². The van der Waals surface area contributed by atoms with Crippen molar-refractivity contribution in [3.05, 3.63) is 69.9 Å². The molecule has 0 aliphatic rings. The number of esters is 1. The van der Waals surface area contributed by atoms with Gasteiger partial charge in [0.25, 0.3) is 5.91 Å². The van der Waals surface area contributed by atoms with Crippen molar-refractivity contribution >= 4 is 34.4 Å². The smallest absolute Gasteiger partial charge is 0.340 e. The number of halogens is 1. The van der Waals surface area contributed by atoms with Crippen LogP contribution in [-0.4, -0.2) is 23.6 Å². The Balaban J connectivity index is 2.28. The summed E-state index contributed by atoms with van der Waals surface area (Å²) in [7, 11) is 1.34. The molecule has 0 saturated heterocycles. The van der Waals surface area contributed by atoms with Gasteiger partial charge in [0.1, 0.15) is 0 Å². The van der Waals surface area contributed by atoms with E-state index in [4.69, 9.17) is 16.3 Å². The Morgan fingerprint density at radius 2 is 1.71 bits per heavy atom. The Morgan fingerprint density at radius 1 is 1.04 bits per heavy atom. The highest BCUT2D eigenvalue weighted by Gasteiger charge is 2.24. The highest BCUT2D eigenvalue weighted by molar-refractivity contribution is 6.30. The van der Waals surface area contributed by atoms with Crippen molar-refractivity contribution in [3.8, 4) is 0 Å². The Labute approximate surface area is 144 Å². The van der Waals surface area contributed by atoms with Gasteiger partial charge in [-0.15, -0.1) is 0 Å². The van der Waals surface area contributed by atoms with Gasteiger partial charge >= 0.3 is 5.97 Å². The SMILES string of the molecule is COC(=O)c1c(C)n(C(=O)c2ccc(Cl)cc2)c2ccc(C)cc12. The molecular formula is C19H16ClNO3. The van der Waals surface area contributed by atoms with E-state index in [1.807, 2.05) is 25.1 Å². The van der Waals surface area contributed by atoms with Gasteiger partial charge in [-0.25, -0.2) is 4.79 Å². The summed E-state index contributed by atoms with van der Waals surface area (Å²) >= 11 is 5.89. The molecular weight excluding hydrogens is 326 g/mol. The van der Waals surface area contributed by atoms with Crippen LogP contribution in [0, 0.1) is 13.8 Å². The fraction of sp³-hybridized carbons (Fsp3) is 0.158. The first kappa shape index (κ1) is 16.3. The Kier molecular flexibility index (Phi) is 4.16. The fourth-order valence-corrected chi connectivity index (χ4v) is 3.00. The first-order chi connectivity index (χ1) is 11.4. The molecule has 0 radical (unpaired) electrons. The average molecular weight is 342 g/mol. The summed E-state index contributed by atoms with van der Waals surface area (Å²) in [5, 5.41) is 1.27. The van der Waals surface area contributed by atoms with Crippen molar-refractivity contribution < 1.29 is 14.3 Å². The molecule has 0 amide bonds. The first-order valence-electron chi connectivity index (χ1n) is 7.44. The molecule has 4 nitrogen and oxygen atoms in total. The maximum Gasteiger partial charge on any atom is 0.340 e. The van der Waals surface area contributed by atoms with E-state index in [0.717, 1.165) is 5.56 Å². The monoisotopic (exact) mass is 341 g/mol. The van der Waals surface area contributed by atoms with Gasteiger partial charge in [-0.1, -0.05) is 23.2 Å². The number of fused-ring (bicyclic) bond motifs is 1. The lowest BCUT2D eigenvalue weighted by atomic mass is 10.1. The van der Waals surface area contributed by atoms with Gasteiger partial charge in [-0.2, -0.15) is 0 Å². The van der Waals surface area contributed by atoms with E-state index in [0.29, 0.717) is 32.7 Å². The molecule has 0 fully saturated rings. The lowest BCUT2D eigenvalue weighted by Gasteiger charge is -2.07. The van der Waals surface area contributed by atoms with Crippen LogP contribution < -0.4 is 0 Å². The van der Waals surface area contributed by atoms with Crippen LogP contribution >= 0.6 is 11.6 Å². The van der Waals surface area contributed by atoms with Crippen LogP contribution in [0.2, 0.25) is 5.02 Å². The minimum Gasteiger partial charge on any atom is -0.465 e. The van der Waals surface area contributed by atoms with Crippen LogP contribution in [0.3, 0.4) is 0 Å². The summed E-state index contributed by atoms with van der Waals surface area (Å²) in [5.74, 6) is -0.668. The number of hydrogen-bond acceptors (Lipinski definition) is 3. The van der Waals surface area contributed by atoms with Crippen LogP contribution in [0.4, 0.5) is 0 Å². The number of methoxy groups -OCH3 is 1. The molecule has 122 valence electrons. The summed E-state index contributed by atoms with van der Waals surface area (Å²) in [6.45, 7) is 3.68. The largest absolute Gasteiger partial charge is 0.465 e. The average Bonchev–Trinajstić information content (AvgIpc) is 2.85. The maximum absolute atomic E-state index is 13.0. The van der Waals surface area contributed by atoms with Gasteiger partial charge in [0.05, 0.1) is 18.2 Å². The maximum atomic E-state index is 13.0. The summed E-state index contributed by atoms with van der Waals surface area (Å²) < 4.78 is 6.44. The number of carbonyl (C=O) groups is 2. The number of benzene rings is 2. The van der Waals surface area contributed by atoms with Gasteiger partial charge in [-0.05, 0) is 50.2 Å². The van der Waals surface area contributed by atoms with Gasteiger partial charge < -0.3 is 4.74 Å². The molecule has 1 aromatic heterocycles. The van der Waals surface area contributed by atoms with Gasteiger partial charge in [0.15, 0.2) is 0 Å². The standard InChI is InChI=1S/C19H16ClNO3/c1-11-4-9-16-15(10-11)17(19(23)24-3)12(2)21(16)18(22)13-5-7-14(20)8-6-13/h4-10H,1-3H3. The lowest BCUT2D eigenvalue weighted by Crippen LogP contribution is -2.14. The molecule has 0 unspecified atom stereocenters.